The van der Waals surface area contributed by atoms with Crippen LogP contribution in [0.4, 0.5) is 0 Å². The van der Waals surface area contributed by atoms with Crippen LogP contribution in [0.15, 0.2) is 73.6 Å². The zero-order valence-corrected chi connectivity index (χ0v) is 18.1. The molecule has 0 unspecified atom stereocenters. The molecule has 0 aliphatic heterocycles. The van der Waals surface area contributed by atoms with Crippen LogP contribution >= 0.6 is 23.1 Å². The minimum absolute atomic E-state index is 0.501. The zero-order valence-electron chi connectivity index (χ0n) is 16.5. The number of aromatic nitrogens is 5. The van der Waals surface area contributed by atoms with Gasteiger partial charge in [-0.3, -0.25) is 4.57 Å². The molecule has 0 spiro atoms. The minimum Gasteiger partial charge on any atom is -0.497 e. The van der Waals surface area contributed by atoms with Crippen LogP contribution in [-0.4, -0.2) is 32.0 Å². The van der Waals surface area contributed by atoms with E-state index in [1.54, 1.807) is 24.7 Å². The molecule has 0 radical (unpaired) electrons. The van der Waals surface area contributed by atoms with Crippen molar-refractivity contribution in [2.45, 2.75) is 17.5 Å². The van der Waals surface area contributed by atoms with E-state index in [2.05, 4.69) is 20.3 Å². The largest absolute Gasteiger partial charge is 0.497 e. The van der Waals surface area contributed by atoms with Crippen LogP contribution in [0.3, 0.4) is 0 Å². The van der Waals surface area contributed by atoms with Crippen molar-refractivity contribution in [3.8, 4) is 28.6 Å². The Morgan fingerprint density at radius 3 is 2.90 bits per heavy atom. The average Bonchev–Trinajstić information content (AvgIpc) is 3.60. The molecular weight excluding hydrogens is 434 g/mol. The number of rotatable bonds is 8. The van der Waals surface area contributed by atoms with E-state index in [1.807, 2.05) is 57.8 Å². The highest BCUT2D eigenvalue weighted by molar-refractivity contribution is 7.98. The summed E-state index contributed by atoms with van der Waals surface area (Å²) >= 11 is 3.08. The first-order valence-electron chi connectivity index (χ1n) is 9.38. The van der Waals surface area contributed by atoms with Crippen LogP contribution < -0.4 is 4.74 Å². The zero-order chi connectivity index (χ0) is 21.0. The second-order valence-corrected chi connectivity index (χ2v) is 8.24. The van der Waals surface area contributed by atoms with Gasteiger partial charge in [-0.2, -0.15) is 16.3 Å². The molecule has 4 heterocycles. The van der Waals surface area contributed by atoms with Crippen LogP contribution in [0.5, 0.6) is 5.75 Å². The van der Waals surface area contributed by atoms with Crippen molar-refractivity contribution < 1.29 is 13.7 Å². The molecule has 5 rings (SSSR count). The highest BCUT2D eigenvalue weighted by atomic mass is 32.2. The fourth-order valence-electron chi connectivity index (χ4n) is 3.02. The van der Waals surface area contributed by atoms with E-state index in [0.717, 1.165) is 33.6 Å². The third-order valence-electron chi connectivity index (χ3n) is 4.51. The maximum absolute atomic E-state index is 5.56. The summed E-state index contributed by atoms with van der Waals surface area (Å²) in [6.07, 6.45) is 1.66. The summed E-state index contributed by atoms with van der Waals surface area (Å²) in [7, 11) is 1.64. The van der Waals surface area contributed by atoms with Gasteiger partial charge in [0, 0.05) is 10.9 Å². The first kappa shape index (κ1) is 19.6. The monoisotopic (exact) mass is 451 g/mol. The second-order valence-electron chi connectivity index (χ2n) is 6.52. The molecule has 0 fully saturated rings. The van der Waals surface area contributed by atoms with E-state index in [9.17, 15) is 0 Å². The summed E-state index contributed by atoms with van der Waals surface area (Å²) in [6, 6.07) is 13.5. The van der Waals surface area contributed by atoms with Gasteiger partial charge in [-0.05, 0) is 35.7 Å². The predicted molar refractivity (Wildman–Crippen MR) is 117 cm³/mol. The average molecular weight is 452 g/mol. The summed E-state index contributed by atoms with van der Waals surface area (Å²) in [6.45, 7) is 0.501. The molecule has 0 saturated carbocycles. The molecule has 0 atom stereocenters. The summed E-state index contributed by atoms with van der Waals surface area (Å²) in [4.78, 5) is 4.48. The van der Waals surface area contributed by atoms with Gasteiger partial charge >= 0.3 is 0 Å². The minimum atomic E-state index is 0.501. The number of thioether (sulfide) groups is 1. The molecule has 8 nitrogen and oxygen atoms in total. The SMILES string of the molecule is COc1cccc(-c2nnc(SCc3noc(-c4ccsc4)n3)n2Cc2ccco2)c1. The van der Waals surface area contributed by atoms with Gasteiger partial charge in [0.1, 0.15) is 11.5 Å². The van der Waals surface area contributed by atoms with E-state index in [0.29, 0.717) is 24.0 Å². The van der Waals surface area contributed by atoms with Crippen LogP contribution in [0, 0.1) is 0 Å². The van der Waals surface area contributed by atoms with Crippen LogP contribution in [0.25, 0.3) is 22.8 Å². The lowest BCUT2D eigenvalue weighted by Gasteiger charge is -2.09. The Labute approximate surface area is 185 Å². The van der Waals surface area contributed by atoms with Crippen molar-refractivity contribution in [1.29, 1.82) is 0 Å². The number of hydrogen-bond donors (Lipinski definition) is 0. The Morgan fingerprint density at radius 2 is 2.10 bits per heavy atom. The smallest absolute Gasteiger partial charge is 0.258 e. The Morgan fingerprint density at radius 1 is 1.13 bits per heavy atom. The van der Waals surface area contributed by atoms with Gasteiger partial charge in [-0.1, -0.05) is 29.1 Å². The lowest BCUT2D eigenvalue weighted by atomic mass is 10.2. The molecule has 0 amide bonds. The van der Waals surface area contributed by atoms with Gasteiger partial charge in [0.25, 0.3) is 5.89 Å². The molecule has 5 aromatic rings. The Hall–Kier alpha value is -3.37. The predicted octanol–water partition coefficient (Wildman–Crippen LogP) is 5.00. The molecule has 0 aliphatic carbocycles. The summed E-state index contributed by atoms with van der Waals surface area (Å²) in [5.74, 6) is 3.91. The van der Waals surface area contributed by atoms with Gasteiger partial charge in [0.15, 0.2) is 16.8 Å². The summed E-state index contributed by atoms with van der Waals surface area (Å²) in [5.41, 5.74) is 1.83. The fourth-order valence-corrected chi connectivity index (χ4v) is 4.43. The molecule has 0 saturated heterocycles. The Kier molecular flexibility index (Phi) is 5.55. The highest BCUT2D eigenvalue weighted by Gasteiger charge is 2.18. The van der Waals surface area contributed by atoms with Gasteiger partial charge in [-0.15, -0.1) is 10.2 Å². The van der Waals surface area contributed by atoms with Gasteiger partial charge in [-0.25, -0.2) is 0 Å². The van der Waals surface area contributed by atoms with Gasteiger partial charge < -0.3 is 13.7 Å². The maximum Gasteiger partial charge on any atom is 0.258 e. The standard InChI is InChI=1S/C21H17N5O3S2/c1-27-16-5-2-4-14(10-16)19-23-24-21(26(19)11-17-6-3-8-28-17)31-13-18-22-20(29-25-18)15-7-9-30-12-15/h2-10,12H,11,13H2,1H3. The van der Waals surface area contributed by atoms with Crippen LogP contribution in [0.2, 0.25) is 0 Å². The molecule has 1 aromatic carbocycles. The number of furan rings is 1. The number of nitrogens with zero attached hydrogens (tertiary/aromatic N) is 5. The molecule has 0 aliphatic rings. The van der Waals surface area contributed by atoms with Crippen molar-refractivity contribution in [3.05, 3.63) is 71.1 Å². The van der Waals surface area contributed by atoms with E-state index >= 15 is 0 Å². The number of thiophene rings is 1. The number of benzene rings is 1. The van der Waals surface area contributed by atoms with Crippen molar-refractivity contribution >= 4 is 23.1 Å². The van der Waals surface area contributed by atoms with Crippen molar-refractivity contribution in [3.63, 3.8) is 0 Å². The van der Waals surface area contributed by atoms with Gasteiger partial charge in [0.05, 0.1) is 31.2 Å². The Balaban J connectivity index is 1.42. The second kappa shape index (κ2) is 8.78. The lowest BCUT2D eigenvalue weighted by Crippen LogP contribution is -2.03. The third-order valence-corrected chi connectivity index (χ3v) is 6.15. The van der Waals surface area contributed by atoms with E-state index in [4.69, 9.17) is 13.7 Å². The lowest BCUT2D eigenvalue weighted by molar-refractivity contribution is 0.415. The molecular formula is C21H17N5O3S2. The first-order valence-corrected chi connectivity index (χ1v) is 11.3. The Bertz CT molecular complexity index is 1260. The normalized spacial score (nSPS) is 11.1. The highest BCUT2D eigenvalue weighted by Crippen LogP contribution is 2.29. The van der Waals surface area contributed by atoms with E-state index in [1.165, 1.54) is 11.8 Å². The topological polar surface area (TPSA) is 92.0 Å². The quantitative estimate of drug-likeness (QED) is 0.304. The van der Waals surface area contributed by atoms with Crippen molar-refractivity contribution in [2.24, 2.45) is 0 Å². The molecule has 0 bridgehead atoms. The van der Waals surface area contributed by atoms with Crippen molar-refractivity contribution in [2.75, 3.05) is 7.11 Å². The molecule has 10 heteroatoms. The molecule has 4 aromatic heterocycles. The fraction of sp³-hybridized carbons (Fsp3) is 0.143. The van der Waals surface area contributed by atoms with E-state index < -0.39 is 0 Å². The van der Waals surface area contributed by atoms with Gasteiger partial charge in [0.2, 0.25) is 0 Å². The summed E-state index contributed by atoms with van der Waals surface area (Å²) in [5, 5.41) is 17.6. The number of hydrogen-bond acceptors (Lipinski definition) is 9. The molecule has 0 N–H and O–H groups in total. The summed E-state index contributed by atoms with van der Waals surface area (Å²) < 4.78 is 18.3. The maximum atomic E-state index is 5.56. The number of methoxy groups -OCH3 is 1. The first-order chi connectivity index (χ1) is 15.3. The van der Waals surface area contributed by atoms with Crippen molar-refractivity contribution in [1.82, 2.24) is 24.9 Å². The van der Waals surface area contributed by atoms with Crippen LogP contribution in [-0.2, 0) is 12.3 Å². The van der Waals surface area contributed by atoms with E-state index in [-0.39, 0.29) is 0 Å². The van der Waals surface area contributed by atoms with Crippen LogP contribution in [0.1, 0.15) is 11.6 Å². The molecule has 156 valence electrons. The number of ether oxygens (including phenoxy) is 1. The third kappa shape index (κ3) is 4.25. The molecule has 31 heavy (non-hydrogen) atoms.